The van der Waals surface area contributed by atoms with Crippen molar-refractivity contribution in [1.29, 1.82) is 0 Å². The van der Waals surface area contributed by atoms with Gasteiger partial charge in [-0.05, 0) is 41.6 Å². The lowest BCUT2D eigenvalue weighted by Crippen LogP contribution is -2.02. The Morgan fingerprint density at radius 3 is 2.64 bits per heavy atom. The van der Waals surface area contributed by atoms with E-state index in [1.165, 1.54) is 11.1 Å². The number of nitrogens with zero attached hydrogens (tertiary/aromatic N) is 4. The maximum atomic E-state index is 4.67. The van der Waals surface area contributed by atoms with Gasteiger partial charge in [0.25, 0.3) is 0 Å². The molecule has 0 fully saturated rings. The van der Waals surface area contributed by atoms with Crippen LogP contribution in [0.4, 0.5) is 0 Å². The highest BCUT2D eigenvalue weighted by molar-refractivity contribution is 9.10. The molecule has 3 aromatic rings. The first kappa shape index (κ1) is 18.4. The molecule has 0 atom stereocenters. The van der Waals surface area contributed by atoms with E-state index in [2.05, 4.69) is 87.7 Å². The SMILES string of the molecule is Cc1ccsc1/C=N\n1c(SCc2ccc(Br)cc2)nnc1C(C)C. The predicted molar refractivity (Wildman–Crippen MR) is 110 cm³/mol. The molecule has 0 aliphatic rings. The molecule has 0 spiro atoms. The van der Waals surface area contributed by atoms with Gasteiger partial charge in [-0.25, -0.2) is 0 Å². The molecule has 0 saturated heterocycles. The fraction of sp³-hybridized carbons (Fsp3) is 0.278. The van der Waals surface area contributed by atoms with Crippen molar-refractivity contribution in [3.8, 4) is 0 Å². The smallest absolute Gasteiger partial charge is 0.191 e. The molecule has 4 nitrogen and oxygen atoms in total. The second kappa shape index (κ2) is 8.29. The predicted octanol–water partition coefficient (Wildman–Crippen LogP) is 5.71. The Balaban J connectivity index is 1.82. The van der Waals surface area contributed by atoms with Crippen LogP contribution in [0.25, 0.3) is 0 Å². The topological polar surface area (TPSA) is 43.1 Å². The molecule has 0 amide bonds. The van der Waals surface area contributed by atoms with Gasteiger partial charge in [0.2, 0.25) is 5.16 Å². The number of thiophene rings is 1. The number of halogens is 1. The molecule has 0 N–H and O–H groups in total. The van der Waals surface area contributed by atoms with E-state index in [0.29, 0.717) is 0 Å². The first-order valence-electron chi connectivity index (χ1n) is 7.95. The molecule has 0 aliphatic carbocycles. The van der Waals surface area contributed by atoms with E-state index in [0.717, 1.165) is 26.1 Å². The van der Waals surface area contributed by atoms with E-state index in [4.69, 9.17) is 0 Å². The first-order valence-corrected chi connectivity index (χ1v) is 10.6. The van der Waals surface area contributed by atoms with Crippen LogP contribution in [0.5, 0.6) is 0 Å². The van der Waals surface area contributed by atoms with Crippen molar-refractivity contribution in [2.75, 3.05) is 0 Å². The zero-order chi connectivity index (χ0) is 17.8. The number of aromatic nitrogens is 3. The summed E-state index contributed by atoms with van der Waals surface area (Å²) in [6.45, 7) is 6.31. The molecular formula is C18H19BrN4S2. The molecule has 0 saturated carbocycles. The summed E-state index contributed by atoms with van der Waals surface area (Å²) >= 11 is 6.80. The Morgan fingerprint density at radius 1 is 1.24 bits per heavy atom. The summed E-state index contributed by atoms with van der Waals surface area (Å²) in [5.74, 6) is 1.97. The lowest BCUT2D eigenvalue weighted by molar-refractivity contribution is 0.667. The summed E-state index contributed by atoms with van der Waals surface area (Å²) in [4.78, 5) is 1.16. The minimum Gasteiger partial charge on any atom is -0.191 e. The van der Waals surface area contributed by atoms with Crippen molar-refractivity contribution >= 4 is 45.2 Å². The molecule has 0 radical (unpaired) electrons. The summed E-state index contributed by atoms with van der Waals surface area (Å²) in [6, 6.07) is 10.4. The third-order valence-electron chi connectivity index (χ3n) is 3.63. The van der Waals surface area contributed by atoms with E-state index in [9.17, 15) is 0 Å². The number of hydrogen-bond donors (Lipinski definition) is 0. The van der Waals surface area contributed by atoms with Crippen LogP contribution in [0.15, 0.2) is 50.4 Å². The second-order valence-corrected chi connectivity index (χ2v) is 8.74. The molecule has 7 heteroatoms. The van der Waals surface area contributed by atoms with E-state index >= 15 is 0 Å². The van der Waals surface area contributed by atoms with E-state index in [1.807, 2.05) is 10.9 Å². The Kier molecular flexibility index (Phi) is 6.09. The van der Waals surface area contributed by atoms with Crippen LogP contribution in [0.3, 0.4) is 0 Å². The number of hydrogen-bond acceptors (Lipinski definition) is 5. The molecular weight excluding hydrogens is 416 g/mol. The molecule has 0 bridgehead atoms. The largest absolute Gasteiger partial charge is 0.212 e. The van der Waals surface area contributed by atoms with Crippen molar-refractivity contribution < 1.29 is 0 Å². The highest BCUT2D eigenvalue weighted by Crippen LogP contribution is 2.25. The van der Waals surface area contributed by atoms with E-state index in [-0.39, 0.29) is 5.92 Å². The zero-order valence-corrected chi connectivity index (χ0v) is 17.5. The number of rotatable bonds is 6. The average molecular weight is 435 g/mol. The van der Waals surface area contributed by atoms with Crippen LogP contribution >= 0.6 is 39.0 Å². The average Bonchev–Trinajstić information content (AvgIpc) is 3.18. The van der Waals surface area contributed by atoms with Crippen molar-refractivity contribution in [1.82, 2.24) is 14.9 Å². The van der Waals surface area contributed by atoms with Crippen LogP contribution < -0.4 is 0 Å². The molecule has 0 unspecified atom stereocenters. The van der Waals surface area contributed by atoms with Gasteiger partial charge in [-0.1, -0.05) is 53.7 Å². The fourth-order valence-electron chi connectivity index (χ4n) is 2.19. The van der Waals surface area contributed by atoms with Gasteiger partial charge < -0.3 is 0 Å². The van der Waals surface area contributed by atoms with Gasteiger partial charge in [-0.2, -0.15) is 9.78 Å². The Morgan fingerprint density at radius 2 is 2.00 bits per heavy atom. The van der Waals surface area contributed by atoms with Crippen LogP contribution in [0.1, 0.15) is 41.6 Å². The standard InChI is InChI=1S/C18H19BrN4S2/c1-12(2)17-21-22-18(25-11-14-4-6-15(19)7-5-14)23(17)20-10-16-13(3)8-9-24-16/h4-10,12H,11H2,1-3H3/b20-10-. The maximum absolute atomic E-state index is 4.67. The number of benzene rings is 1. The van der Waals surface area contributed by atoms with Crippen LogP contribution in [0, 0.1) is 6.92 Å². The zero-order valence-electron chi connectivity index (χ0n) is 14.3. The van der Waals surface area contributed by atoms with Crippen LogP contribution in [-0.2, 0) is 5.75 Å². The van der Waals surface area contributed by atoms with Crippen molar-refractivity contribution in [2.45, 2.75) is 37.6 Å². The Hall–Kier alpha value is -1.44. The third-order valence-corrected chi connectivity index (χ3v) is 6.10. The maximum Gasteiger partial charge on any atom is 0.212 e. The van der Waals surface area contributed by atoms with Crippen molar-refractivity contribution in [3.63, 3.8) is 0 Å². The van der Waals surface area contributed by atoms with E-state index < -0.39 is 0 Å². The summed E-state index contributed by atoms with van der Waals surface area (Å²) in [5.41, 5.74) is 2.48. The first-order chi connectivity index (χ1) is 12.0. The summed E-state index contributed by atoms with van der Waals surface area (Å²) in [7, 11) is 0. The molecule has 2 aromatic heterocycles. The normalized spacial score (nSPS) is 11.7. The van der Waals surface area contributed by atoms with Crippen LogP contribution in [-0.4, -0.2) is 21.1 Å². The Labute approximate surface area is 164 Å². The number of thioether (sulfide) groups is 1. The molecule has 2 heterocycles. The minimum atomic E-state index is 0.260. The highest BCUT2D eigenvalue weighted by atomic mass is 79.9. The fourth-order valence-corrected chi connectivity index (χ4v) is 4.09. The van der Waals surface area contributed by atoms with Gasteiger partial charge in [0, 0.05) is 16.1 Å². The Bertz CT molecular complexity index is 866. The molecule has 130 valence electrons. The summed E-state index contributed by atoms with van der Waals surface area (Å²) < 4.78 is 2.95. The second-order valence-electron chi connectivity index (χ2n) is 5.93. The minimum absolute atomic E-state index is 0.260. The summed E-state index contributed by atoms with van der Waals surface area (Å²) in [5, 5.41) is 16.2. The highest BCUT2D eigenvalue weighted by Gasteiger charge is 2.15. The number of aryl methyl sites for hydroxylation is 1. The van der Waals surface area contributed by atoms with Gasteiger partial charge in [0.15, 0.2) is 5.82 Å². The molecule has 3 rings (SSSR count). The van der Waals surface area contributed by atoms with Crippen molar-refractivity contribution in [3.05, 3.63) is 62.0 Å². The van der Waals surface area contributed by atoms with E-state index in [1.54, 1.807) is 23.1 Å². The molecule has 0 aliphatic heterocycles. The molecule has 1 aromatic carbocycles. The lowest BCUT2D eigenvalue weighted by atomic mass is 10.2. The van der Waals surface area contributed by atoms with Crippen molar-refractivity contribution in [2.24, 2.45) is 5.10 Å². The van der Waals surface area contributed by atoms with Gasteiger partial charge in [-0.15, -0.1) is 21.5 Å². The summed E-state index contributed by atoms with van der Waals surface area (Å²) in [6.07, 6.45) is 1.90. The molecule has 25 heavy (non-hydrogen) atoms. The quantitative estimate of drug-likeness (QED) is 0.368. The monoisotopic (exact) mass is 434 g/mol. The van der Waals surface area contributed by atoms with Crippen LogP contribution in [0.2, 0.25) is 0 Å². The van der Waals surface area contributed by atoms with Gasteiger partial charge in [0.05, 0.1) is 11.1 Å². The lowest BCUT2D eigenvalue weighted by Gasteiger charge is -2.06. The third kappa shape index (κ3) is 4.59. The van der Waals surface area contributed by atoms with Gasteiger partial charge in [0.1, 0.15) is 0 Å². The van der Waals surface area contributed by atoms with Gasteiger partial charge in [-0.3, -0.25) is 0 Å². The van der Waals surface area contributed by atoms with Gasteiger partial charge >= 0.3 is 0 Å².